The van der Waals surface area contributed by atoms with Crippen molar-refractivity contribution in [2.75, 3.05) is 6.61 Å². The van der Waals surface area contributed by atoms with E-state index in [0.717, 1.165) is 0 Å². The quantitative estimate of drug-likeness (QED) is 0.806. The van der Waals surface area contributed by atoms with Crippen molar-refractivity contribution in [3.8, 4) is 0 Å². The highest BCUT2D eigenvalue weighted by Gasteiger charge is 2.31. The van der Waals surface area contributed by atoms with Crippen LogP contribution in [-0.2, 0) is 9.47 Å². The van der Waals surface area contributed by atoms with Gasteiger partial charge in [-0.05, 0) is 19.1 Å². The molecule has 1 aromatic rings. The van der Waals surface area contributed by atoms with E-state index in [-0.39, 0.29) is 24.8 Å². The van der Waals surface area contributed by atoms with Crippen molar-refractivity contribution in [2.45, 2.75) is 31.7 Å². The Morgan fingerprint density at radius 3 is 2.76 bits per heavy atom. The van der Waals surface area contributed by atoms with E-state index in [1.165, 1.54) is 0 Å². The van der Waals surface area contributed by atoms with Gasteiger partial charge in [-0.1, -0.05) is 18.2 Å². The molecule has 0 aliphatic carbocycles. The fraction of sp³-hybridized carbons (Fsp3) is 0.462. The molecule has 1 aliphatic rings. The molecule has 0 radical (unpaired) electrons. The van der Waals surface area contributed by atoms with E-state index in [4.69, 9.17) is 9.47 Å². The number of hydrogen-bond acceptors (Lipinski definition) is 4. The van der Waals surface area contributed by atoms with E-state index >= 15 is 0 Å². The Morgan fingerprint density at radius 1 is 1.47 bits per heavy atom. The summed E-state index contributed by atoms with van der Waals surface area (Å²) < 4.78 is 10.6. The SMILES string of the molecule is CC1O[C@H](COC(=O)c2ccccc2)C[C@@H]1O. The maximum absolute atomic E-state index is 11.6. The Morgan fingerprint density at radius 2 is 2.18 bits per heavy atom. The standard InChI is InChI=1S/C13H16O4/c1-9-12(14)7-11(17-9)8-16-13(15)10-5-3-2-4-6-10/h2-6,9,11-12,14H,7-8H2,1H3/t9?,11-,12-/m0/s1. The van der Waals surface area contributed by atoms with Gasteiger partial charge in [0, 0.05) is 6.42 Å². The molecular weight excluding hydrogens is 220 g/mol. The highest BCUT2D eigenvalue weighted by molar-refractivity contribution is 5.89. The van der Waals surface area contributed by atoms with Gasteiger partial charge in [0.05, 0.1) is 23.9 Å². The van der Waals surface area contributed by atoms with Crippen LogP contribution in [0.15, 0.2) is 30.3 Å². The van der Waals surface area contributed by atoms with E-state index in [9.17, 15) is 9.90 Å². The van der Waals surface area contributed by atoms with Crippen LogP contribution in [0.3, 0.4) is 0 Å². The maximum atomic E-state index is 11.6. The summed E-state index contributed by atoms with van der Waals surface area (Å²) in [6.07, 6.45) is -0.331. The molecule has 1 fully saturated rings. The van der Waals surface area contributed by atoms with Crippen LogP contribution in [0.1, 0.15) is 23.7 Å². The van der Waals surface area contributed by atoms with Crippen molar-refractivity contribution in [1.29, 1.82) is 0 Å². The van der Waals surface area contributed by atoms with Crippen molar-refractivity contribution < 1.29 is 19.4 Å². The summed E-state index contributed by atoms with van der Waals surface area (Å²) >= 11 is 0. The van der Waals surface area contributed by atoms with E-state index < -0.39 is 6.10 Å². The summed E-state index contributed by atoms with van der Waals surface area (Å²) in [4.78, 5) is 11.6. The minimum atomic E-state index is -0.463. The Hall–Kier alpha value is -1.39. The lowest BCUT2D eigenvalue weighted by atomic mass is 10.1. The highest BCUT2D eigenvalue weighted by atomic mass is 16.6. The molecule has 1 aromatic carbocycles. The first kappa shape index (κ1) is 12.1. The number of ether oxygens (including phenoxy) is 2. The van der Waals surface area contributed by atoms with Gasteiger partial charge in [0.1, 0.15) is 6.61 Å². The molecule has 3 atom stereocenters. The number of carbonyl (C=O) groups is 1. The van der Waals surface area contributed by atoms with Crippen LogP contribution in [0.2, 0.25) is 0 Å². The van der Waals surface area contributed by atoms with E-state index in [0.29, 0.717) is 12.0 Å². The van der Waals surface area contributed by atoms with Gasteiger partial charge >= 0.3 is 5.97 Å². The summed E-state index contributed by atoms with van der Waals surface area (Å²) in [5.41, 5.74) is 0.527. The van der Waals surface area contributed by atoms with Gasteiger partial charge in [-0.15, -0.1) is 0 Å². The minimum absolute atomic E-state index is 0.185. The van der Waals surface area contributed by atoms with Crippen LogP contribution in [0, 0.1) is 0 Å². The lowest BCUT2D eigenvalue weighted by Crippen LogP contribution is -2.19. The van der Waals surface area contributed by atoms with Crippen LogP contribution < -0.4 is 0 Å². The maximum Gasteiger partial charge on any atom is 0.338 e. The van der Waals surface area contributed by atoms with Crippen LogP contribution in [0.25, 0.3) is 0 Å². The van der Waals surface area contributed by atoms with Crippen molar-refractivity contribution in [3.05, 3.63) is 35.9 Å². The zero-order valence-electron chi connectivity index (χ0n) is 9.70. The second-order valence-electron chi connectivity index (χ2n) is 4.23. The molecule has 1 saturated heterocycles. The van der Waals surface area contributed by atoms with Crippen LogP contribution in [0.4, 0.5) is 0 Å². The number of hydrogen-bond donors (Lipinski definition) is 1. The molecule has 0 amide bonds. The zero-order chi connectivity index (χ0) is 12.3. The van der Waals surface area contributed by atoms with Crippen molar-refractivity contribution >= 4 is 5.97 Å². The molecule has 4 nitrogen and oxygen atoms in total. The van der Waals surface area contributed by atoms with Crippen molar-refractivity contribution in [1.82, 2.24) is 0 Å². The Labute approximate surface area is 100 Å². The van der Waals surface area contributed by atoms with Gasteiger partial charge in [-0.25, -0.2) is 4.79 Å². The Bertz CT molecular complexity index is 366. The molecule has 0 spiro atoms. The lowest BCUT2D eigenvalue weighted by molar-refractivity contribution is -0.0127. The first-order chi connectivity index (χ1) is 8.16. The molecule has 2 rings (SSSR count). The topological polar surface area (TPSA) is 55.8 Å². The predicted octanol–water partition coefficient (Wildman–Crippen LogP) is 1.38. The Kier molecular flexibility index (Phi) is 3.76. The number of benzene rings is 1. The van der Waals surface area contributed by atoms with Gasteiger partial charge in [0.15, 0.2) is 0 Å². The number of aliphatic hydroxyl groups excluding tert-OH is 1. The van der Waals surface area contributed by atoms with Crippen molar-refractivity contribution in [2.24, 2.45) is 0 Å². The molecule has 0 bridgehead atoms. The smallest absolute Gasteiger partial charge is 0.338 e. The van der Waals surface area contributed by atoms with Gasteiger partial charge in [-0.2, -0.15) is 0 Å². The summed E-state index contributed by atoms with van der Waals surface area (Å²) in [6.45, 7) is 2.00. The second kappa shape index (κ2) is 5.29. The number of aliphatic hydroxyl groups is 1. The first-order valence-electron chi connectivity index (χ1n) is 5.72. The normalized spacial score (nSPS) is 28.0. The average Bonchev–Trinajstić information content (AvgIpc) is 2.67. The molecule has 1 aliphatic heterocycles. The third-order valence-corrected chi connectivity index (χ3v) is 2.86. The number of rotatable bonds is 3. The zero-order valence-corrected chi connectivity index (χ0v) is 9.70. The monoisotopic (exact) mass is 236 g/mol. The summed E-state index contributed by atoms with van der Waals surface area (Å²) in [7, 11) is 0. The third-order valence-electron chi connectivity index (χ3n) is 2.86. The van der Waals surface area contributed by atoms with E-state index in [1.54, 1.807) is 24.3 Å². The van der Waals surface area contributed by atoms with Gasteiger partial charge < -0.3 is 14.6 Å². The molecule has 0 aromatic heterocycles. The second-order valence-corrected chi connectivity index (χ2v) is 4.23. The largest absolute Gasteiger partial charge is 0.459 e. The third kappa shape index (κ3) is 3.05. The predicted molar refractivity (Wildman–Crippen MR) is 61.7 cm³/mol. The fourth-order valence-electron chi connectivity index (χ4n) is 1.84. The first-order valence-corrected chi connectivity index (χ1v) is 5.72. The molecule has 92 valence electrons. The molecule has 0 saturated carbocycles. The molecule has 1 heterocycles. The fourth-order valence-corrected chi connectivity index (χ4v) is 1.84. The molecule has 4 heteroatoms. The average molecular weight is 236 g/mol. The Balaban J connectivity index is 1.81. The highest BCUT2D eigenvalue weighted by Crippen LogP contribution is 2.20. The van der Waals surface area contributed by atoms with Gasteiger partial charge in [0.2, 0.25) is 0 Å². The van der Waals surface area contributed by atoms with Gasteiger partial charge in [-0.3, -0.25) is 0 Å². The molecule has 1 N–H and O–H groups in total. The van der Waals surface area contributed by atoms with Gasteiger partial charge in [0.25, 0.3) is 0 Å². The lowest BCUT2D eigenvalue weighted by Gasteiger charge is -2.11. The summed E-state index contributed by atoms with van der Waals surface area (Å²) in [6, 6.07) is 8.82. The van der Waals surface area contributed by atoms with Crippen molar-refractivity contribution in [3.63, 3.8) is 0 Å². The van der Waals surface area contributed by atoms with E-state index in [2.05, 4.69) is 0 Å². The summed E-state index contributed by atoms with van der Waals surface area (Å²) in [5, 5.41) is 9.48. The molecule has 1 unspecified atom stereocenters. The van der Waals surface area contributed by atoms with Crippen LogP contribution in [-0.4, -0.2) is 36.0 Å². The van der Waals surface area contributed by atoms with Crippen LogP contribution >= 0.6 is 0 Å². The number of carbonyl (C=O) groups excluding carboxylic acids is 1. The van der Waals surface area contributed by atoms with E-state index in [1.807, 2.05) is 13.0 Å². The number of esters is 1. The summed E-state index contributed by atoms with van der Waals surface area (Å²) in [5.74, 6) is -0.358. The van der Waals surface area contributed by atoms with Crippen LogP contribution in [0.5, 0.6) is 0 Å². The molecule has 17 heavy (non-hydrogen) atoms. The molecular formula is C13H16O4. The minimum Gasteiger partial charge on any atom is -0.459 e.